The average molecular weight is 378 g/mol. The van der Waals surface area contributed by atoms with Gasteiger partial charge in [0.25, 0.3) is 11.2 Å². The Morgan fingerprint density at radius 3 is 2.70 bits per heavy atom. The second-order valence-corrected chi connectivity index (χ2v) is 5.46. The maximum absolute atomic E-state index is 11.9. The molecule has 0 bridgehead atoms. The summed E-state index contributed by atoms with van der Waals surface area (Å²) in [5.74, 6) is -0.705. The summed E-state index contributed by atoms with van der Waals surface area (Å²) < 4.78 is 0.783. The molecule has 0 atom stereocenters. The highest BCUT2D eigenvalue weighted by Gasteiger charge is 2.17. The zero-order valence-electron chi connectivity index (χ0n) is 11.1. The molecule has 1 aromatic carbocycles. The lowest BCUT2D eigenvalue weighted by Gasteiger charge is -2.08. The largest absolute Gasteiger partial charge is 0.319 e. The molecule has 0 aliphatic heterocycles. The second-order valence-electron chi connectivity index (χ2n) is 4.24. The number of carbonyl (C=O) groups excluding carboxylic acids is 1. The molecule has 0 radical (unpaired) electrons. The summed E-state index contributed by atoms with van der Waals surface area (Å²) >= 11 is 17.0. The number of nitrogens with one attached hydrogen (secondary N) is 1. The molecule has 0 aliphatic rings. The molecule has 8 nitrogen and oxygen atoms in total. The first-order valence-electron chi connectivity index (χ1n) is 5.94. The Kier molecular flexibility index (Phi) is 5.19. The summed E-state index contributed by atoms with van der Waals surface area (Å²) in [4.78, 5) is 34.0. The molecule has 1 aromatic heterocycles. The lowest BCUT2D eigenvalue weighted by Crippen LogP contribution is -2.30. The molecule has 0 fully saturated rings. The van der Waals surface area contributed by atoms with Crippen LogP contribution in [0.3, 0.4) is 0 Å². The summed E-state index contributed by atoms with van der Waals surface area (Å²) in [5.41, 5.74) is -1.18. The van der Waals surface area contributed by atoms with Crippen LogP contribution in [0.15, 0.2) is 29.2 Å². The molecule has 1 amide bonds. The van der Waals surface area contributed by atoms with Crippen LogP contribution in [-0.2, 0) is 11.3 Å². The van der Waals surface area contributed by atoms with Crippen molar-refractivity contribution in [2.45, 2.75) is 6.54 Å². The first-order valence-corrected chi connectivity index (χ1v) is 7.08. The highest BCUT2D eigenvalue weighted by Crippen LogP contribution is 2.27. The third-order valence-electron chi connectivity index (χ3n) is 2.67. The van der Waals surface area contributed by atoms with Gasteiger partial charge in [0.1, 0.15) is 17.3 Å². The quantitative estimate of drug-likeness (QED) is 0.651. The molecule has 11 heteroatoms. The van der Waals surface area contributed by atoms with E-state index in [1.165, 1.54) is 12.1 Å². The van der Waals surface area contributed by atoms with Crippen molar-refractivity contribution >= 4 is 52.1 Å². The van der Waals surface area contributed by atoms with Gasteiger partial charge in [0.15, 0.2) is 0 Å². The van der Waals surface area contributed by atoms with E-state index < -0.39 is 22.9 Å². The van der Waals surface area contributed by atoms with Crippen molar-refractivity contribution in [3.63, 3.8) is 0 Å². The van der Waals surface area contributed by atoms with Crippen molar-refractivity contribution < 1.29 is 9.72 Å². The lowest BCUT2D eigenvalue weighted by molar-refractivity contribution is -0.383. The fraction of sp³-hybridized carbons (Fsp3) is 0.0833. The number of nitro benzene ring substituents is 1. The van der Waals surface area contributed by atoms with Crippen LogP contribution in [0.25, 0.3) is 0 Å². The van der Waals surface area contributed by atoms with E-state index in [-0.39, 0.29) is 26.4 Å². The van der Waals surface area contributed by atoms with Gasteiger partial charge in [-0.1, -0.05) is 34.8 Å². The number of benzene rings is 1. The Hall–Kier alpha value is -2.16. The minimum atomic E-state index is -0.750. The molecule has 0 saturated carbocycles. The monoisotopic (exact) mass is 376 g/mol. The molecule has 0 saturated heterocycles. The molecule has 0 aliphatic carbocycles. The topological polar surface area (TPSA) is 107 Å². The van der Waals surface area contributed by atoms with Crippen molar-refractivity contribution in [3.05, 3.63) is 59.9 Å². The van der Waals surface area contributed by atoms with Crippen molar-refractivity contribution in [1.82, 2.24) is 9.78 Å². The number of nitrogens with zero attached hydrogens (tertiary/aromatic N) is 3. The van der Waals surface area contributed by atoms with E-state index in [2.05, 4.69) is 10.4 Å². The minimum Gasteiger partial charge on any atom is -0.319 e. The maximum Gasteiger partial charge on any atom is 0.294 e. The van der Waals surface area contributed by atoms with Gasteiger partial charge in [0, 0.05) is 11.1 Å². The van der Waals surface area contributed by atoms with E-state index in [0.717, 1.165) is 16.9 Å². The third kappa shape index (κ3) is 3.98. The van der Waals surface area contributed by atoms with Gasteiger partial charge < -0.3 is 5.32 Å². The Bertz CT molecular complexity index is 853. The Morgan fingerprint density at radius 2 is 2.04 bits per heavy atom. The number of nitro groups is 1. The van der Waals surface area contributed by atoms with Crippen LogP contribution in [0.2, 0.25) is 15.1 Å². The van der Waals surface area contributed by atoms with Gasteiger partial charge in [-0.05, 0) is 12.1 Å². The number of hydrogen-bond donors (Lipinski definition) is 1. The van der Waals surface area contributed by atoms with Crippen LogP contribution in [0.5, 0.6) is 0 Å². The second kappa shape index (κ2) is 6.95. The van der Waals surface area contributed by atoms with Gasteiger partial charge in [0.2, 0.25) is 5.91 Å². The predicted molar refractivity (Wildman–Crippen MR) is 85.3 cm³/mol. The van der Waals surface area contributed by atoms with Gasteiger partial charge in [-0.2, -0.15) is 5.10 Å². The Labute approximate surface area is 143 Å². The standard InChI is InChI=1S/C12H7Cl3N4O4/c13-6-1-2-8(9(3-6)19(22)23)17-10(20)5-18-12(21)11(15)7(14)4-16-18/h1-4H,5H2,(H,17,20). The third-order valence-corrected chi connectivity index (χ3v) is 3.65. The number of aromatic nitrogens is 2. The predicted octanol–water partition coefficient (Wildman–Crippen LogP) is 2.75. The van der Waals surface area contributed by atoms with E-state index >= 15 is 0 Å². The van der Waals surface area contributed by atoms with Crippen molar-refractivity contribution in [1.29, 1.82) is 0 Å². The fourth-order valence-corrected chi connectivity index (χ4v) is 2.08. The zero-order valence-corrected chi connectivity index (χ0v) is 13.4. The van der Waals surface area contributed by atoms with Gasteiger partial charge in [-0.25, -0.2) is 4.68 Å². The molecule has 0 spiro atoms. The molecular weight excluding hydrogens is 371 g/mol. The first kappa shape index (κ1) is 17.2. The molecule has 23 heavy (non-hydrogen) atoms. The van der Waals surface area contributed by atoms with E-state index in [4.69, 9.17) is 34.8 Å². The summed E-state index contributed by atoms with van der Waals surface area (Å²) in [7, 11) is 0. The maximum atomic E-state index is 11.9. The van der Waals surface area contributed by atoms with Gasteiger partial charge in [-0.3, -0.25) is 19.7 Å². The molecule has 1 heterocycles. The van der Waals surface area contributed by atoms with Crippen LogP contribution in [-0.4, -0.2) is 20.6 Å². The SMILES string of the molecule is O=C(Cn1ncc(Cl)c(Cl)c1=O)Nc1ccc(Cl)cc1[N+](=O)[O-]. The number of anilines is 1. The van der Waals surface area contributed by atoms with Crippen molar-refractivity contribution in [3.8, 4) is 0 Å². The number of rotatable bonds is 4. The highest BCUT2D eigenvalue weighted by atomic mass is 35.5. The molecular formula is C12H7Cl3N4O4. The lowest BCUT2D eigenvalue weighted by atomic mass is 10.2. The fourth-order valence-electron chi connectivity index (χ4n) is 1.64. The van der Waals surface area contributed by atoms with E-state index in [1.807, 2.05) is 0 Å². The number of carbonyl (C=O) groups is 1. The number of amides is 1. The normalized spacial score (nSPS) is 10.4. The molecule has 0 unspecified atom stereocenters. The molecule has 1 N–H and O–H groups in total. The van der Waals surface area contributed by atoms with E-state index in [0.29, 0.717) is 0 Å². The Morgan fingerprint density at radius 1 is 1.35 bits per heavy atom. The zero-order chi connectivity index (χ0) is 17.1. The summed E-state index contributed by atoms with van der Waals surface area (Å²) in [6, 6.07) is 3.76. The molecule has 120 valence electrons. The number of hydrogen-bond acceptors (Lipinski definition) is 5. The van der Waals surface area contributed by atoms with Gasteiger partial charge in [-0.15, -0.1) is 0 Å². The van der Waals surface area contributed by atoms with Crippen LogP contribution in [0.4, 0.5) is 11.4 Å². The highest BCUT2D eigenvalue weighted by molar-refractivity contribution is 6.41. The van der Waals surface area contributed by atoms with Crippen molar-refractivity contribution in [2.24, 2.45) is 0 Å². The van der Waals surface area contributed by atoms with Crippen LogP contribution in [0.1, 0.15) is 0 Å². The van der Waals surface area contributed by atoms with E-state index in [1.54, 1.807) is 0 Å². The summed E-state index contributed by atoms with van der Waals surface area (Å²) in [6.07, 6.45) is 1.11. The van der Waals surface area contributed by atoms with E-state index in [9.17, 15) is 19.7 Å². The first-order chi connectivity index (χ1) is 10.8. The van der Waals surface area contributed by atoms with Crippen molar-refractivity contribution in [2.75, 3.05) is 5.32 Å². The molecule has 2 aromatic rings. The van der Waals surface area contributed by atoms with Crippen LogP contribution < -0.4 is 10.9 Å². The van der Waals surface area contributed by atoms with Crippen LogP contribution >= 0.6 is 34.8 Å². The van der Waals surface area contributed by atoms with Gasteiger partial charge in [0.05, 0.1) is 16.1 Å². The summed E-state index contributed by atoms with van der Waals surface area (Å²) in [6.45, 7) is -0.491. The van der Waals surface area contributed by atoms with Gasteiger partial charge >= 0.3 is 0 Å². The number of halogens is 3. The smallest absolute Gasteiger partial charge is 0.294 e. The summed E-state index contributed by atoms with van der Waals surface area (Å²) in [5, 5.41) is 16.8. The average Bonchev–Trinajstić information content (AvgIpc) is 2.49. The molecule has 2 rings (SSSR count). The Balaban J connectivity index is 2.23. The van der Waals surface area contributed by atoms with Crippen LogP contribution in [0, 0.1) is 10.1 Å². The minimum absolute atomic E-state index is 0.0401.